The molecule has 4 rings (SSSR count). The lowest BCUT2D eigenvalue weighted by molar-refractivity contribution is 0.0955. The minimum absolute atomic E-state index is 0.0565. The van der Waals surface area contributed by atoms with Crippen LogP contribution in [0.15, 0.2) is 41.5 Å². The number of ether oxygens (including phenoxy) is 2. The van der Waals surface area contributed by atoms with Gasteiger partial charge < -0.3 is 14.5 Å². The molecule has 31 heavy (non-hydrogen) atoms. The number of carbonyl (C=O) groups excluding carboxylic acids is 1. The van der Waals surface area contributed by atoms with Crippen LogP contribution in [0, 0.1) is 0 Å². The average Bonchev–Trinajstić information content (AvgIpc) is 3.13. The molecule has 3 aromatic rings. The highest BCUT2D eigenvalue weighted by Gasteiger charge is 2.16. The lowest BCUT2D eigenvalue weighted by atomic mass is 9.95. The quantitative estimate of drug-likeness (QED) is 0.418. The van der Waals surface area contributed by atoms with Crippen LogP contribution in [0.2, 0.25) is 0 Å². The van der Waals surface area contributed by atoms with Crippen molar-refractivity contribution in [2.24, 2.45) is 5.10 Å². The third-order valence-corrected chi connectivity index (χ3v) is 5.37. The number of fused-ring (bicyclic) bond motifs is 3. The fourth-order valence-corrected chi connectivity index (χ4v) is 4.00. The number of hydrazone groups is 1. The molecule has 0 saturated carbocycles. The van der Waals surface area contributed by atoms with Gasteiger partial charge in [-0.2, -0.15) is 5.10 Å². The van der Waals surface area contributed by atoms with Gasteiger partial charge in [0.2, 0.25) is 0 Å². The van der Waals surface area contributed by atoms with Gasteiger partial charge in [0.25, 0.3) is 5.91 Å². The number of aromatic amines is 1. The maximum absolute atomic E-state index is 12.6. The molecular weight excluding hydrogens is 390 g/mol. The molecule has 0 fully saturated rings. The van der Waals surface area contributed by atoms with Crippen LogP contribution >= 0.6 is 0 Å². The van der Waals surface area contributed by atoms with Crippen molar-refractivity contribution in [1.29, 1.82) is 0 Å². The molecule has 1 aliphatic carbocycles. The first-order valence-corrected chi connectivity index (χ1v) is 11.0. The van der Waals surface area contributed by atoms with Crippen molar-refractivity contribution < 1.29 is 14.3 Å². The number of amides is 1. The van der Waals surface area contributed by atoms with Gasteiger partial charge in [0.1, 0.15) is 0 Å². The van der Waals surface area contributed by atoms with E-state index in [0.29, 0.717) is 23.7 Å². The van der Waals surface area contributed by atoms with E-state index in [2.05, 4.69) is 15.5 Å². The zero-order valence-electron chi connectivity index (χ0n) is 18.3. The minimum Gasteiger partial charge on any atom is -0.490 e. The van der Waals surface area contributed by atoms with Crippen molar-refractivity contribution in [3.05, 3.63) is 58.8 Å². The zero-order chi connectivity index (χ0) is 21.8. The highest BCUT2D eigenvalue weighted by Crippen LogP contribution is 2.30. The van der Waals surface area contributed by atoms with Gasteiger partial charge >= 0.3 is 0 Å². The standard InChI is InChI=1S/C25H29N3O3/c1-4-30-24-13-17(9-12-23(24)31-16(2)3)15-26-28-25(29)18-10-11-22-20(14-18)19-7-5-6-8-21(19)27-22/h9-16,27H,4-8H2,1-3H3,(H,28,29)/b26-15-. The summed E-state index contributed by atoms with van der Waals surface area (Å²) in [7, 11) is 0. The van der Waals surface area contributed by atoms with Crippen LogP contribution in [0.5, 0.6) is 11.5 Å². The zero-order valence-corrected chi connectivity index (χ0v) is 18.3. The van der Waals surface area contributed by atoms with E-state index in [9.17, 15) is 4.79 Å². The molecule has 1 heterocycles. The van der Waals surface area contributed by atoms with Crippen LogP contribution in [0.1, 0.15) is 60.8 Å². The van der Waals surface area contributed by atoms with Crippen molar-refractivity contribution in [3.63, 3.8) is 0 Å². The number of aryl methyl sites for hydroxylation is 2. The predicted molar refractivity (Wildman–Crippen MR) is 123 cm³/mol. The van der Waals surface area contributed by atoms with Crippen LogP contribution < -0.4 is 14.9 Å². The van der Waals surface area contributed by atoms with E-state index in [1.54, 1.807) is 6.21 Å². The highest BCUT2D eigenvalue weighted by molar-refractivity contribution is 5.99. The molecule has 0 atom stereocenters. The number of H-pyrrole nitrogens is 1. The second-order valence-corrected chi connectivity index (χ2v) is 8.05. The monoisotopic (exact) mass is 419 g/mol. The minimum atomic E-state index is -0.228. The van der Waals surface area contributed by atoms with Crippen LogP contribution in [-0.4, -0.2) is 29.8 Å². The Morgan fingerprint density at radius 3 is 2.81 bits per heavy atom. The maximum Gasteiger partial charge on any atom is 0.271 e. The van der Waals surface area contributed by atoms with Crippen molar-refractivity contribution in [2.75, 3.05) is 6.61 Å². The topological polar surface area (TPSA) is 75.7 Å². The highest BCUT2D eigenvalue weighted by atomic mass is 16.5. The number of carbonyl (C=O) groups is 1. The molecule has 2 N–H and O–H groups in total. The average molecular weight is 420 g/mol. The van der Waals surface area contributed by atoms with Gasteiger partial charge in [-0.1, -0.05) is 0 Å². The lowest BCUT2D eigenvalue weighted by Crippen LogP contribution is -2.17. The molecule has 2 aromatic carbocycles. The Morgan fingerprint density at radius 1 is 1.16 bits per heavy atom. The van der Waals surface area contributed by atoms with Gasteiger partial charge in [-0.05, 0) is 94.0 Å². The van der Waals surface area contributed by atoms with Crippen molar-refractivity contribution in [1.82, 2.24) is 10.4 Å². The van der Waals surface area contributed by atoms with Crippen molar-refractivity contribution in [3.8, 4) is 11.5 Å². The van der Waals surface area contributed by atoms with Gasteiger partial charge in [0.05, 0.1) is 18.9 Å². The molecule has 0 unspecified atom stereocenters. The Kier molecular flexibility index (Phi) is 6.26. The summed E-state index contributed by atoms with van der Waals surface area (Å²) in [6, 6.07) is 11.4. The molecule has 0 spiro atoms. The summed E-state index contributed by atoms with van der Waals surface area (Å²) in [5, 5.41) is 5.28. The molecular formula is C25H29N3O3. The van der Waals surface area contributed by atoms with E-state index in [1.807, 2.05) is 57.2 Å². The predicted octanol–water partition coefficient (Wildman–Crippen LogP) is 5.00. The van der Waals surface area contributed by atoms with E-state index < -0.39 is 0 Å². The molecule has 162 valence electrons. The van der Waals surface area contributed by atoms with Crippen LogP contribution in [0.4, 0.5) is 0 Å². The first-order valence-electron chi connectivity index (χ1n) is 11.0. The molecule has 1 aliphatic rings. The Labute approximate surface area is 182 Å². The molecule has 0 saturated heterocycles. The first-order chi connectivity index (χ1) is 15.0. The Bertz CT molecular complexity index is 1110. The Morgan fingerprint density at radius 2 is 2.00 bits per heavy atom. The summed E-state index contributed by atoms with van der Waals surface area (Å²) in [6.45, 7) is 6.41. The molecule has 6 nitrogen and oxygen atoms in total. The Balaban J connectivity index is 1.47. The number of nitrogens with one attached hydrogen (secondary N) is 2. The van der Waals surface area contributed by atoms with Gasteiger partial charge in [0.15, 0.2) is 11.5 Å². The van der Waals surface area contributed by atoms with Gasteiger partial charge in [0, 0.05) is 22.2 Å². The second kappa shape index (κ2) is 9.25. The fraction of sp³-hybridized carbons (Fsp3) is 0.360. The van der Waals surface area contributed by atoms with Crippen molar-refractivity contribution in [2.45, 2.75) is 52.6 Å². The van der Waals surface area contributed by atoms with E-state index >= 15 is 0 Å². The normalized spacial score (nSPS) is 13.5. The second-order valence-electron chi connectivity index (χ2n) is 8.05. The van der Waals surface area contributed by atoms with Crippen LogP contribution in [0.25, 0.3) is 10.9 Å². The Hall–Kier alpha value is -3.28. The van der Waals surface area contributed by atoms with Gasteiger partial charge in [-0.3, -0.25) is 4.79 Å². The first kappa shape index (κ1) is 21.0. The van der Waals surface area contributed by atoms with E-state index in [1.165, 1.54) is 24.1 Å². The van der Waals surface area contributed by atoms with Gasteiger partial charge in [-0.25, -0.2) is 5.43 Å². The molecule has 1 amide bonds. The summed E-state index contributed by atoms with van der Waals surface area (Å²) >= 11 is 0. The fourth-order valence-electron chi connectivity index (χ4n) is 4.00. The number of hydrogen-bond donors (Lipinski definition) is 2. The van der Waals surface area contributed by atoms with Gasteiger partial charge in [-0.15, -0.1) is 0 Å². The summed E-state index contributed by atoms with van der Waals surface area (Å²) < 4.78 is 11.5. The van der Waals surface area contributed by atoms with Crippen molar-refractivity contribution >= 4 is 23.0 Å². The lowest BCUT2D eigenvalue weighted by Gasteiger charge is -2.14. The summed E-state index contributed by atoms with van der Waals surface area (Å²) in [5.41, 5.74) is 7.81. The van der Waals surface area contributed by atoms with Crippen LogP contribution in [0.3, 0.4) is 0 Å². The number of nitrogens with zero attached hydrogens (tertiary/aromatic N) is 1. The summed E-state index contributed by atoms with van der Waals surface area (Å²) in [5.74, 6) is 1.13. The molecule has 0 bridgehead atoms. The number of hydrogen-bond acceptors (Lipinski definition) is 4. The molecule has 0 aliphatic heterocycles. The third kappa shape index (κ3) is 4.74. The van der Waals surface area contributed by atoms with E-state index in [-0.39, 0.29) is 12.0 Å². The largest absolute Gasteiger partial charge is 0.490 e. The number of benzene rings is 2. The summed E-state index contributed by atoms with van der Waals surface area (Å²) in [6.07, 6.45) is 6.23. The SMILES string of the molecule is CCOc1cc(/C=N\NC(=O)c2ccc3[nH]c4c(c3c2)CCCC4)ccc1OC(C)C. The van der Waals surface area contributed by atoms with E-state index in [4.69, 9.17) is 9.47 Å². The summed E-state index contributed by atoms with van der Waals surface area (Å²) in [4.78, 5) is 16.1. The molecule has 0 radical (unpaired) electrons. The van der Waals surface area contributed by atoms with E-state index in [0.717, 1.165) is 29.3 Å². The third-order valence-electron chi connectivity index (χ3n) is 5.37. The molecule has 1 aromatic heterocycles. The van der Waals surface area contributed by atoms with Crippen LogP contribution in [-0.2, 0) is 12.8 Å². The maximum atomic E-state index is 12.6. The molecule has 6 heteroatoms. The smallest absolute Gasteiger partial charge is 0.271 e. The number of rotatable bonds is 7. The number of aromatic nitrogens is 1.